The zero-order chi connectivity index (χ0) is 23.0. The summed E-state index contributed by atoms with van der Waals surface area (Å²) in [6, 6.07) is 18.4. The van der Waals surface area contributed by atoms with Gasteiger partial charge in [0.25, 0.3) is 0 Å². The van der Waals surface area contributed by atoms with Crippen molar-refractivity contribution in [3.63, 3.8) is 0 Å². The van der Waals surface area contributed by atoms with Crippen LogP contribution >= 0.6 is 0 Å². The third-order valence-corrected chi connectivity index (χ3v) is 4.58. The second-order valence-corrected chi connectivity index (χ2v) is 8.44. The molecule has 0 saturated heterocycles. The highest BCUT2D eigenvalue weighted by molar-refractivity contribution is 5.81. The van der Waals surface area contributed by atoms with Gasteiger partial charge in [-0.15, -0.1) is 0 Å². The summed E-state index contributed by atoms with van der Waals surface area (Å²) >= 11 is 0. The molecule has 2 aromatic carbocycles. The van der Waals surface area contributed by atoms with E-state index >= 15 is 0 Å². The molecule has 1 atom stereocenters. The van der Waals surface area contributed by atoms with E-state index in [1.54, 1.807) is 27.0 Å². The first-order chi connectivity index (χ1) is 15.3. The minimum absolute atomic E-state index is 0.130. The van der Waals surface area contributed by atoms with Gasteiger partial charge < -0.3 is 19.8 Å². The monoisotopic (exact) mass is 435 g/mol. The van der Waals surface area contributed by atoms with Crippen LogP contribution in [0.25, 0.3) is 11.3 Å². The average Bonchev–Trinajstić information content (AvgIpc) is 3.24. The molecule has 168 valence electrons. The second-order valence-electron chi connectivity index (χ2n) is 8.44. The van der Waals surface area contributed by atoms with Gasteiger partial charge in [0.15, 0.2) is 0 Å². The van der Waals surface area contributed by atoms with Gasteiger partial charge in [0.05, 0.1) is 11.9 Å². The molecule has 7 heteroatoms. The number of imidazole rings is 1. The van der Waals surface area contributed by atoms with Gasteiger partial charge in [-0.25, -0.2) is 14.6 Å². The van der Waals surface area contributed by atoms with E-state index in [-0.39, 0.29) is 6.61 Å². The largest absolute Gasteiger partial charge is 0.459 e. The van der Waals surface area contributed by atoms with Gasteiger partial charge in [-0.2, -0.15) is 0 Å². The predicted molar refractivity (Wildman–Crippen MR) is 122 cm³/mol. The Labute approximate surface area is 188 Å². The first-order valence-electron chi connectivity index (χ1n) is 10.6. The Bertz CT molecular complexity index is 1010. The van der Waals surface area contributed by atoms with Crippen molar-refractivity contribution in [1.82, 2.24) is 15.3 Å². The molecule has 0 bridgehead atoms. The smallest absolute Gasteiger partial charge is 0.408 e. The van der Waals surface area contributed by atoms with Gasteiger partial charge in [-0.05, 0) is 38.3 Å². The second kappa shape index (κ2) is 10.6. The van der Waals surface area contributed by atoms with Crippen molar-refractivity contribution in [2.75, 3.05) is 0 Å². The Kier molecular flexibility index (Phi) is 7.65. The van der Waals surface area contributed by atoms with Crippen LogP contribution in [0.15, 0.2) is 66.9 Å². The fourth-order valence-electron chi connectivity index (χ4n) is 3.06. The van der Waals surface area contributed by atoms with Crippen molar-refractivity contribution in [3.05, 3.63) is 78.2 Å². The molecule has 0 unspecified atom stereocenters. The molecule has 1 heterocycles. The van der Waals surface area contributed by atoms with Gasteiger partial charge in [0.2, 0.25) is 0 Å². The number of esters is 1. The highest BCUT2D eigenvalue weighted by Crippen LogP contribution is 2.17. The van der Waals surface area contributed by atoms with Crippen LogP contribution in [-0.2, 0) is 27.3 Å². The van der Waals surface area contributed by atoms with Gasteiger partial charge >= 0.3 is 12.1 Å². The van der Waals surface area contributed by atoms with Gasteiger partial charge in [-0.3, -0.25) is 0 Å². The van der Waals surface area contributed by atoms with Crippen molar-refractivity contribution < 1.29 is 19.1 Å². The molecule has 3 rings (SSSR count). The molecule has 0 saturated carbocycles. The van der Waals surface area contributed by atoms with E-state index in [9.17, 15) is 9.59 Å². The molecule has 0 aliphatic carbocycles. The molecule has 1 amide bonds. The number of nitrogens with one attached hydrogen (secondary N) is 2. The summed E-state index contributed by atoms with van der Waals surface area (Å²) in [6.45, 7) is 5.43. The van der Waals surface area contributed by atoms with Gasteiger partial charge in [0.1, 0.15) is 24.1 Å². The number of nitrogens with zero attached hydrogens (tertiary/aromatic N) is 1. The quantitative estimate of drug-likeness (QED) is 0.503. The van der Waals surface area contributed by atoms with Crippen LogP contribution in [0.4, 0.5) is 4.79 Å². The highest BCUT2D eigenvalue weighted by Gasteiger charge is 2.26. The Morgan fingerprint density at radius 1 is 1.03 bits per heavy atom. The minimum atomic E-state index is -0.862. The molecule has 0 radical (unpaired) electrons. The van der Waals surface area contributed by atoms with E-state index in [1.807, 2.05) is 60.7 Å². The van der Waals surface area contributed by atoms with Crippen LogP contribution in [-0.4, -0.2) is 33.7 Å². The summed E-state index contributed by atoms with van der Waals surface area (Å²) in [5, 5.41) is 2.64. The number of hydrogen-bond donors (Lipinski definition) is 2. The number of aromatic amines is 1. The van der Waals surface area contributed by atoms with Crippen LogP contribution in [0, 0.1) is 0 Å². The molecule has 2 N–H and O–H groups in total. The lowest BCUT2D eigenvalue weighted by atomic mass is 10.1. The van der Waals surface area contributed by atoms with Crippen molar-refractivity contribution >= 4 is 12.1 Å². The summed E-state index contributed by atoms with van der Waals surface area (Å²) < 4.78 is 10.8. The Hall–Kier alpha value is -3.61. The van der Waals surface area contributed by atoms with Crippen LogP contribution in [0.1, 0.15) is 38.6 Å². The fourth-order valence-corrected chi connectivity index (χ4v) is 3.06. The number of ether oxygens (including phenoxy) is 2. The minimum Gasteiger partial charge on any atom is -0.459 e. The van der Waals surface area contributed by atoms with Crippen molar-refractivity contribution in [3.8, 4) is 11.3 Å². The SMILES string of the molecule is CC(C)(C)OC(=O)N[C@H](CCc1ncc(-c2ccccc2)[nH]1)C(=O)OCc1ccccc1. The van der Waals surface area contributed by atoms with Crippen molar-refractivity contribution in [2.24, 2.45) is 0 Å². The van der Waals surface area contributed by atoms with E-state index in [0.717, 1.165) is 22.6 Å². The summed E-state index contributed by atoms with van der Waals surface area (Å²) in [5.74, 6) is 0.199. The topological polar surface area (TPSA) is 93.3 Å². The first kappa shape index (κ1) is 23.1. The number of benzene rings is 2. The maximum Gasteiger partial charge on any atom is 0.408 e. The highest BCUT2D eigenvalue weighted by atomic mass is 16.6. The number of alkyl carbamates (subject to hydrolysis) is 1. The Morgan fingerprint density at radius 3 is 2.34 bits per heavy atom. The summed E-state index contributed by atoms with van der Waals surface area (Å²) in [5.41, 5.74) is 2.12. The zero-order valence-corrected chi connectivity index (χ0v) is 18.6. The van der Waals surface area contributed by atoms with Crippen molar-refractivity contribution in [2.45, 2.75) is 51.9 Å². The van der Waals surface area contributed by atoms with Gasteiger partial charge in [0, 0.05) is 6.42 Å². The number of aryl methyl sites for hydroxylation is 1. The Balaban J connectivity index is 1.64. The van der Waals surface area contributed by atoms with Crippen LogP contribution < -0.4 is 5.32 Å². The number of carbonyl (C=O) groups excluding carboxylic acids is 2. The van der Waals surface area contributed by atoms with E-state index < -0.39 is 23.7 Å². The van der Waals surface area contributed by atoms with E-state index in [2.05, 4.69) is 15.3 Å². The lowest BCUT2D eigenvalue weighted by molar-refractivity contribution is -0.147. The predicted octanol–water partition coefficient (Wildman–Crippen LogP) is 4.65. The number of H-pyrrole nitrogens is 1. The number of aromatic nitrogens is 2. The van der Waals surface area contributed by atoms with Crippen molar-refractivity contribution in [1.29, 1.82) is 0 Å². The Morgan fingerprint density at radius 2 is 1.69 bits per heavy atom. The molecule has 3 aromatic rings. The third kappa shape index (κ3) is 7.27. The molecular weight excluding hydrogens is 406 g/mol. The summed E-state index contributed by atoms with van der Waals surface area (Å²) in [6.07, 6.45) is 1.86. The molecule has 32 heavy (non-hydrogen) atoms. The maximum absolute atomic E-state index is 12.7. The van der Waals surface area contributed by atoms with E-state index in [1.165, 1.54) is 0 Å². The molecule has 7 nitrogen and oxygen atoms in total. The maximum atomic E-state index is 12.7. The van der Waals surface area contributed by atoms with E-state index in [0.29, 0.717) is 12.8 Å². The molecule has 1 aromatic heterocycles. The standard InChI is InChI=1S/C25H29N3O4/c1-25(2,3)32-24(30)28-20(23(29)31-17-18-10-6-4-7-11-18)14-15-22-26-16-21(27-22)19-12-8-5-9-13-19/h4-13,16,20H,14-15,17H2,1-3H3,(H,26,27)(H,28,30)/t20-/m1/s1. The fraction of sp³-hybridized carbons (Fsp3) is 0.320. The van der Waals surface area contributed by atoms with Crippen LogP contribution in [0.5, 0.6) is 0 Å². The normalized spacial score (nSPS) is 12.1. The third-order valence-electron chi connectivity index (χ3n) is 4.58. The van der Waals surface area contributed by atoms with Crippen LogP contribution in [0.2, 0.25) is 0 Å². The first-order valence-corrected chi connectivity index (χ1v) is 10.6. The number of hydrogen-bond acceptors (Lipinski definition) is 5. The number of amides is 1. The molecular formula is C25H29N3O4. The number of rotatable bonds is 8. The zero-order valence-electron chi connectivity index (χ0n) is 18.6. The molecule has 0 aliphatic rings. The lowest BCUT2D eigenvalue weighted by Gasteiger charge is -2.23. The average molecular weight is 436 g/mol. The molecule has 0 aliphatic heterocycles. The lowest BCUT2D eigenvalue weighted by Crippen LogP contribution is -2.44. The summed E-state index contributed by atoms with van der Waals surface area (Å²) in [4.78, 5) is 32.7. The van der Waals surface area contributed by atoms with E-state index in [4.69, 9.17) is 9.47 Å². The van der Waals surface area contributed by atoms with Crippen LogP contribution in [0.3, 0.4) is 0 Å². The summed E-state index contributed by atoms with van der Waals surface area (Å²) in [7, 11) is 0. The molecule has 0 spiro atoms. The number of carbonyl (C=O) groups is 2. The molecule has 0 fully saturated rings. The van der Waals surface area contributed by atoms with Gasteiger partial charge in [-0.1, -0.05) is 60.7 Å².